The van der Waals surface area contributed by atoms with Crippen LogP contribution in [0.25, 0.3) is 11.0 Å². The lowest BCUT2D eigenvalue weighted by atomic mass is 10.0. The van der Waals surface area contributed by atoms with Crippen molar-refractivity contribution in [3.05, 3.63) is 39.7 Å². The smallest absolute Gasteiger partial charge is 0.417 e. The molecule has 0 saturated carbocycles. The fraction of sp³-hybridized carbons (Fsp3) is 0.400. The molecule has 114 valence electrons. The molecule has 0 aliphatic rings. The topological polar surface area (TPSA) is 33.5 Å². The van der Waals surface area contributed by atoms with Crippen molar-refractivity contribution in [3.63, 3.8) is 0 Å². The summed E-state index contributed by atoms with van der Waals surface area (Å²) >= 11 is 0. The van der Waals surface area contributed by atoms with Gasteiger partial charge in [0.2, 0.25) is 0 Å². The van der Waals surface area contributed by atoms with Crippen molar-refractivity contribution in [3.8, 4) is 0 Å². The number of hydrogen-bond acceptors (Lipinski definition) is 3. The van der Waals surface area contributed by atoms with E-state index in [1.165, 1.54) is 12.1 Å². The van der Waals surface area contributed by atoms with E-state index in [1.54, 1.807) is 6.92 Å². The Morgan fingerprint density at radius 1 is 1.14 bits per heavy atom. The zero-order valence-electron chi connectivity index (χ0n) is 12.0. The number of fused-ring (bicyclic) bond motifs is 1. The number of benzene rings is 1. The summed E-state index contributed by atoms with van der Waals surface area (Å²) in [5.74, 6) is 0. The molecule has 2 aromatic rings. The van der Waals surface area contributed by atoms with E-state index in [-0.39, 0.29) is 11.0 Å². The van der Waals surface area contributed by atoms with Crippen molar-refractivity contribution >= 4 is 16.7 Å². The molecule has 3 nitrogen and oxygen atoms in total. The first-order chi connectivity index (χ1) is 9.77. The first kappa shape index (κ1) is 15.4. The molecule has 0 bridgehead atoms. The van der Waals surface area contributed by atoms with Crippen molar-refractivity contribution in [2.24, 2.45) is 0 Å². The summed E-state index contributed by atoms with van der Waals surface area (Å²) in [6.07, 6.45) is -4.59. The van der Waals surface area contributed by atoms with Crippen molar-refractivity contribution < 1.29 is 17.6 Å². The third-order valence-electron chi connectivity index (χ3n) is 3.47. The maximum absolute atomic E-state index is 13.0. The second-order valence-electron chi connectivity index (χ2n) is 4.78. The Labute approximate surface area is 120 Å². The summed E-state index contributed by atoms with van der Waals surface area (Å²) in [4.78, 5) is 13.4. The molecule has 1 aromatic carbocycles. The predicted octanol–water partition coefficient (Wildman–Crippen LogP) is 3.97. The SMILES string of the molecule is CCN(CC)c1cc2oc(=O)cc(C(F)(F)F)c2cc1C. The number of rotatable bonds is 3. The standard InChI is InChI=1S/C15H16F3NO2/c1-4-19(5-2)12-8-13-10(6-9(12)3)11(15(16,17)18)7-14(20)21-13/h6-8H,4-5H2,1-3H3. The fourth-order valence-corrected chi connectivity index (χ4v) is 2.45. The van der Waals surface area contributed by atoms with Crippen molar-refractivity contribution in [1.82, 2.24) is 0 Å². The lowest BCUT2D eigenvalue weighted by Crippen LogP contribution is -2.22. The van der Waals surface area contributed by atoms with E-state index in [1.807, 2.05) is 18.7 Å². The average molecular weight is 299 g/mol. The molecule has 0 N–H and O–H groups in total. The maximum Gasteiger partial charge on any atom is 0.417 e. The molecule has 0 unspecified atom stereocenters. The summed E-state index contributed by atoms with van der Waals surface area (Å²) in [5, 5.41) is -0.0875. The van der Waals surface area contributed by atoms with E-state index in [0.29, 0.717) is 24.7 Å². The van der Waals surface area contributed by atoms with Gasteiger partial charge in [-0.15, -0.1) is 0 Å². The zero-order valence-corrected chi connectivity index (χ0v) is 12.0. The highest BCUT2D eigenvalue weighted by atomic mass is 19.4. The number of hydrogen-bond donors (Lipinski definition) is 0. The average Bonchev–Trinajstić information content (AvgIpc) is 2.39. The fourth-order valence-electron chi connectivity index (χ4n) is 2.45. The Balaban J connectivity index is 2.78. The van der Waals surface area contributed by atoms with Crippen LogP contribution in [0.15, 0.2) is 27.4 Å². The molecule has 6 heteroatoms. The van der Waals surface area contributed by atoms with Gasteiger partial charge in [-0.25, -0.2) is 4.79 Å². The van der Waals surface area contributed by atoms with E-state index < -0.39 is 17.4 Å². The zero-order chi connectivity index (χ0) is 15.8. The van der Waals surface area contributed by atoms with Gasteiger partial charge in [0, 0.05) is 36.3 Å². The van der Waals surface area contributed by atoms with Gasteiger partial charge in [0.05, 0.1) is 5.56 Å². The van der Waals surface area contributed by atoms with Crippen LogP contribution < -0.4 is 10.5 Å². The second kappa shape index (κ2) is 5.42. The monoisotopic (exact) mass is 299 g/mol. The molecule has 0 saturated heterocycles. The van der Waals surface area contributed by atoms with Crippen LogP contribution in [-0.4, -0.2) is 13.1 Å². The van der Waals surface area contributed by atoms with Crippen LogP contribution in [0.2, 0.25) is 0 Å². The van der Waals surface area contributed by atoms with Gasteiger partial charge in [0.15, 0.2) is 0 Å². The van der Waals surface area contributed by atoms with Crippen molar-refractivity contribution in [2.75, 3.05) is 18.0 Å². The van der Waals surface area contributed by atoms with Gasteiger partial charge >= 0.3 is 11.8 Å². The normalized spacial score (nSPS) is 11.9. The minimum atomic E-state index is -4.59. The van der Waals surface area contributed by atoms with Gasteiger partial charge < -0.3 is 9.32 Å². The number of alkyl halides is 3. The minimum Gasteiger partial charge on any atom is -0.423 e. The van der Waals surface area contributed by atoms with Gasteiger partial charge in [-0.1, -0.05) is 0 Å². The van der Waals surface area contributed by atoms with Crippen LogP contribution in [0.3, 0.4) is 0 Å². The molecule has 0 atom stereocenters. The molecular formula is C15H16F3NO2. The third-order valence-corrected chi connectivity index (χ3v) is 3.47. The molecule has 0 fully saturated rings. The van der Waals surface area contributed by atoms with Gasteiger partial charge in [0.25, 0.3) is 0 Å². The molecule has 2 rings (SSSR count). The van der Waals surface area contributed by atoms with Crippen LogP contribution in [0.5, 0.6) is 0 Å². The van der Waals surface area contributed by atoms with Gasteiger partial charge in [-0.2, -0.15) is 13.2 Å². The number of halogens is 3. The first-order valence-electron chi connectivity index (χ1n) is 6.68. The Kier molecular flexibility index (Phi) is 3.98. The van der Waals surface area contributed by atoms with Crippen LogP contribution in [0.4, 0.5) is 18.9 Å². The third kappa shape index (κ3) is 2.89. The summed E-state index contributed by atoms with van der Waals surface area (Å²) < 4.78 is 44.0. The van der Waals surface area contributed by atoms with Gasteiger partial charge in [-0.3, -0.25) is 0 Å². The molecular weight excluding hydrogens is 283 g/mol. The minimum absolute atomic E-state index is 0.0395. The van der Waals surface area contributed by atoms with Gasteiger partial charge in [-0.05, 0) is 32.4 Å². The van der Waals surface area contributed by atoms with Crippen molar-refractivity contribution in [2.45, 2.75) is 26.9 Å². The molecule has 21 heavy (non-hydrogen) atoms. The Morgan fingerprint density at radius 3 is 2.29 bits per heavy atom. The van der Waals surface area contributed by atoms with Crippen LogP contribution in [0.1, 0.15) is 25.0 Å². The number of nitrogens with zero attached hydrogens (tertiary/aromatic N) is 1. The summed E-state index contributed by atoms with van der Waals surface area (Å²) in [6, 6.07) is 3.43. The Bertz CT molecular complexity index is 715. The van der Waals surface area contributed by atoms with Crippen LogP contribution >= 0.6 is 0 Å². The first-order valence-corrected chi connectivity index (χ1v) is 6.68. The Morgan fingerprint density at radius 2 is 1.76 bits per heavy atom. The predicted molar refractivity (Wildman–Crippen MR) is 75.8 cm³/mol. The van der Waals surface area contributed by atoms with E-state index in [2.05, 4.69) is 0 Å². The molecule has 0 aliphatic heterocycles. The van der Waals surface area contributed by atoms with Crippen molar-refractivity contribution in [1.29, 1.82) is 0 Å². The highest BCUT2D eigenvalue weighted by Crippen LogP contribution is 2.36. The molecule has 1 aromatic heterocycles. The van der Waals surface area contributed by atoms with E-state index in [0.717, 1.165) is 5.69 Å². The van der Waals surface area contributed by atoms with Crippen LogP contribution in [0, 0.1) is 6.92 Å². The summed E-state index contributed by atoms with van der Waals surface area (Å²) in [6.45, 7) is 7.08. The second-order valence-corrected chi connectivity index (χ2v) is 4.78. The van der Waals surface area contributed by atoms with E-state index in [4.69, 9.17) is 4.42 Å². The molecule has 0 amide bonds. The van der Waals surface area contributed by atoms with E-state index in [9.17, 15) is 18.0 Å². The molecule has 0 spiro atoms. The lowest BCUT2D eigenvalue weighted by Gasteiger charge is -2.23. The highest BCUT2D eigenvalue weighted by Gasteiger charge is 2.34. The van der Waals surface area contributed by atoms with Crippen LogP contribution in [-0.2, 0) is 6.18 Å². The Hall–Kier alpha value is -1.98. The molecule has 1 heterocycles. The largest absolute Gasteiger partial charge is 0.423 e. The molecule has 0 aliphatic carbocycles. The quantitative estimate of drug-likeness (QED) is 0.804. The van der Waals surface area contributed by atoms with E-state index >= 15 is 0 Å². The number of anilines is 1. The summed E-state index contributed by atoms with van der Waals surface area (Å²) in [7, 11) is 0. The maximum atomic E-state index is 13.0. The van der Waals surface area contributed by atoms with Gasteiger partial charge in [0.1, 0.15) is 5.58 Å². The summed E-state index contributed by atoms with van der Waals surface area (Å²) in [5.41, 5.74) is -0.505. The highest BCUT2D eigenvalue weighted by molar-refractivity contribution is 5.85. The molecule has 0 radical (unpaired) electrons. The lowest BCUT2D eigenvalue weighted by molar-refractivity contribution is -0.136. The number of aryl methyl sites for hydroxylation is 1.